The lowest BCUT2D eigenvalue weighted by molar-refractivity contribution is 0.0531. The summed E-state index contributed by atoms with van der Waals surface area (Å²) in [6.07, 6.45) is 2.06. The van der Waals surface area contributed by atoms with Gasteiger partial charge in [0.15, 0.2) is 0 Å². The number of carbonyl (C=O) groups is 1. The SMILES string of the molecule is CSC(C)(C)CNC(=O)N1CCOCC1. The molecule has 1 heterocycles. The highest BCUT2D eigenvalue weighted by Gasteiger charge is 2.20. The van der Waals surface area contributed by atoms with Crippen LogP contribution in [-0.2, 0) is 4.74 Å². The minimum Gasteiger partial charge on any atom is -0.378 e. The molecule has 0 bridgehead atoms. The van der Waals surface area contributed by atoms with E-state index < -0.39 is 0 Å². The molecule has 1 aliphatic heterocycles. The van der Waals surface area contributed by atoms with Crippen molar-refractivity contribution in [3.63, 3.8) is 0 Å². The van der Waals surface area contributed by atoms with Crippen molar-refractivity contribution in [1.82, 2.24) is 10.2 Å². The highest BCUT2D eigenvalue weighted by Crippen LogP contribution is 2.19. The van der Waals surface area contributed by atoms with Crippen LogP contribution in [0.1, 0.15) is 13.8 Å². The first kappa shape index (κ1) is 12.6. The third-order valence-electron chi connectivity index (χ3n) is 2.52. The molecule has 0 saturated carbocycles. The third kappa shape index (κ3) is 4.30. The summed E-state index contributed by atoms with van der Waals surface area (Å²) in [4.78, 5) is 13.5. The van der Waals surface area contributed by atoms with Gasteiger partial charge in [-0.3, -0.25) is 0 Å². The van der Waals surface area contributed by atoms with Crippen LogP contribution < -0.4 is 5.32 Å². The summed E-state index contributed by atoms with van der Waals surface area (Å²) in [5.74, 6) is 0. The zero-order valence-electron chi connectivity index (χ0n) is 9.71. The highest BCUT2D eigenvalue weighted by atomic mass is 32.2. The quantitative estimate of drug-likeness (QED) is 0.794. The van der Waals surface area contributed by atoms with Crippen molar-refractivity contribution in [2.75, 3.05) is 39.1 Å². The Bertz CT molecular complexity index is 215. The van der Waals surface area contributed by atoms with Gasteiger partial charge in [0.1, 0.15) is 0 Å². The highest BCUT2D eigenvalue weighted by molar-refractivity contribution is 7.99. The van der Waals surface area contributed by atoms with E-state index in [2.05, 4.69) is 25.4 Å². The number of hydrogen-bond donors (Lipinski definition) is 1. The molecule has 0 unspecified atom stereocenters. The lowest BCUT2D eigenvalue weighted by Gasteiger charge is -2.29. The van der Waals surface area contributed by atoms with Gasteiger partial charge in [-0.15, -0.1) is 0 Å². The fraction of sp³-hybridized carbons (Fsp3) is 0.900. The van der Waals surface area contributed by atoms with Gasteiger partial charge in [-0.05, 0) is 20.1 Å². The molecule has 0 atom stereocenters. The first-order valence-electron chi connectivity index (χ1n) is 5.21. The molecular weight excluding hydrogens is 212 g/mol. The number of carbonyl (C=O) groups excluding carboxylic acids is 1. The van der Waals surface area contributed by atoms with Crippen molar-refractivity contribution in [2.45, 2.75) is 18.6 Å². The van der Waals surface area contributed by atoms with E-state index in [1.165, 1.54) is 0 Å². The van der Waals surface area contributed by atoms with E-state index >= 15 is 0 Å². The van der Waals surface area contributed by atoms with Gasteiger partial charge in [-0.25, -0.2) is 4.79 Å². The van der Waals surface area contributed by atoms with E-state index in [0.717, 1.165) is 0 Å². The summed E-state index contributed by atoms with van der Waals surface area (Å²) in [6.45, 7) is 7.65. The van der Waals surface area contributed by atoms with Gasteiger partial charge < -0.3 is 15.0 Å². The number of urea groups is 1. The lowest BCUT2D eigenvalue weighted by atomic mass is 10.2. The fourth-order valence-electron chi connectivity index (χ4n) is 1.24. The molecule has 1 rings (SSSR count). The Morgan fingerprint density at radius 3 is 2.60 bits per heavy atom. The van der Waals surface area contributed by atoms with E-state index in [4.69, 9.17) is 4.74 Å². The van der Waals surface area contributed by atoms with Crippen LogP contribution in [0.2, 0.25) is 0 Å². The molecule has 15 heavy (non-hydrogen) atoms. The second kappa shape index (κ2) is 5.61. The molecule has 0 aromatic heterocycles. The molecule has 0 aromatic rings. The topological polar surface area (TPSA) is 41.6 Å². The van der Waals surface area contributed by atoms with Crippen LogP contribution in [0.4, 0.5) is 4.79 Å². The van der Waals surface area contributed by atoms with E-state index in [1.54, 1.807) is 16.7 Å². The largest absolute Gasteiger partial charge is 0.378 e. The molecule has 1 saturated heterocycles. The number of nitrogens with one attached hydrogen (secondary N) is 1. The van der Waals surface area contributed by atoms with Crippen molar-refractivity contribution < 1.29 is 9.53 Å². The molecule has 1 fully saturated rings. The summed E-state index contributed by atoms with van der Waals surface area (Å²) in [7, 11) is 0. The maximum atomic E-state index is 11.7. The smallest absolute Gasteiger partial charge is 0.317 e. The number of nitrogens with zero attached hydrogens (tertiary/aromatic N) is 1. The van der Waals surface area contributed by atoms with Crippen LogP contribution in [0.25, 0.3) is 0 Å². The van der Waals surface area contributed by atoms with Gasteiger partial charge in [-0.2, -0.15) is 11.8 Å². The average Bonchev–Trinajstić information content (AvgIpc) is 2.27. The molecule has 88 valence electrons. The normalized spacial score (nSPS) is 17.7. The van der Waals surface area contributed by atoms with Crippen molar-refractivity contribution in [2.24, 2.45) is 0 Å². The van der Waals surface area contributed by atoms with E-state index in [-0.39, 0.29) is 10.8 Å². The number of ether oxygens (including phenoxy) is 1. The van der Waals surface area contributed by atoms with Gasteiger partial charge >= 0.3 is 6.03 Å². The monoisotopic (exact) mass is 232 g/mol. The molecule has 1 N–H and O–H groups in total. The molecule has 0 spiro atoms. The molecule has 2 amide bonds. The van der Waals surface area contributed by atoms with E-state index in [9.17, 15) is 4.79 Å². The number of morpholine rings is 1. The summed E-state index contributed by atoms with van der Waals surface area (Å²) in [6, 6.07) is 0.0282. The number of amides is 2. The van der Waals surface area contributed by atoms with Gasteiger partial charge in [0.2, 0.25) is 0 Å². The van der Waals surface area contributed by atoms with Crippen LogP contribution in [0.3, 0.4) is 0 Å². The maximum Gasteiger partial charge on any atom is 0.317 e. The minimum absolute atomic E-state index is 0.0282. The van der Waals surface area contributed by atoms with Crippen LogP contribution in [0.15, 0.2) is 0 Å². The fourth-order valence-corrected chi connectivity index (χ4v) is 1.46. The Hall–Kier alpha value is -0.420. The van der Waals surface area contributed by atoms with Crippen LogP contribution in [-0.4, -0.2) is 54.8 Å². The lowest BCUT2D eigenvalue weighted by Crippen LogP contribution is -2.48. The standard InChI is InChI=1S/C10H20N2O2S/c1-10(2,15-3)8-11-9(13)12-4-6-14-7-5-12/h4-8H2,1-3H3,(H,11,13). The van der Waals surface area contributed by atoms with Gasteiger partial charge in [-0.1, -0.05) is 0 Å². The number of rotatable bonds is 3. The van der Waals surface area contributed by atoms with Crippen molar-refractivity contribution >= 4 is 17.8 Å². The van der Waals surface area contributed by atoms with Crippen LogP contribution in [0, 0.1) is 0 Å². The first-order chi connectivity index (χ1) is 7.05. The predicted molar refractivity (Wildman–Crippen MR) is 63.4 cm³/mol. The summed E-state index contributed by atoms with van der Waals surface area (Å²) in [5.41, 5.74) is 0. The molecular formula is C10H20N2O2S. The Morgan fingerprint density at radius 2 is 2.07 bits per heavy atom. The Balaban J connectivity index is 2.28. The van der Waals surface area contributed by atoms with E-state index in [0.29, 0.717) is 32.8 Å². The molecule has 4 nitrogen and oxygen atoms in total. The van der Waals surface area contributed by atoms with Crippen molar-refractivity contribution in [3.8, 4) is 0 Å². The summed E-state index contributed by atoms with van der Waals surface area (Å²) >= 11 is 1.76. The number of hydrogen-bond acceptors (Lipinski definition) is 3. The zero-order valence-corrected chi connectivity index (χ0v) is 10.5. The molecule has 0 radical (unpaired) electrons. The average molecular weight is 232 g/mol. The van der Waals surface area contributed by atoms with Crippen LogP contribution >= 0.6 is 11.8 Å². The van der Waals surface area contributed by atoms with Crippen LogP contribution in [0.5, 0.6) is 0 Å². The minimum atomic E-state index is 0.0282. The Labute approximate surface area is 95.7 Å². The van der Waals surface area contributed by atoms with Gasteiger partial charge in [0, 0.05) is 24.4 Å². The van der Waals surface area contributed by atoms with Crippen molar-refractivity contribution in [1.29, 1.82) is 0 Å². The Morgan fingerprint density at radius 1 is 1.47 bits per heavy atom. The zero-order chi connectivity index (χ0) is 11.3. The molecule has 1 aliphatic rings. The summed E-state index contributed by atoms with van der Waals surface area (Å²) < 4.78 is 5.29. The molecule has 0 aromatic carbocycles. The molecule has 0 aliphatic carbocycles. The maximum absolute atomic E-state index is 11.7. The Kier molecular flexibility index (Phi) is 4.73. The summed E-state index contributed by atoms with van der Waals surface area (Å²) in [5, 5.41) is 2.95. The third-order valence-corrected chi connectivity index (χ3v) is 3.77. The second-order valence-electron chi connectivity index (χ2n) is 4.22. The number of thioether (sulfide) groups is 1. The second-order valence-corrected chi connectivity index (χ2v) is 5.74. The van der Waals surface area contributed by atoms with Gasteiger partial charge in [0.05, 0.1) is 13.2 Å². The van der Waals surface area contributed by atoms with E-state index in [1.807, 2.05) is 0 Å². The first-order valence-corrected chi connectivity index (χ1v) is 6.43. The van der Waals surface area contributed by atoms with Gasteiger partial charge in [0.25, 0.3) is 0 Å². The predicted octanol–water partition coefficient (Wildman–Crippen LogP) is 1.17. The molecule has 5 heteroatoms. The van der Waals surface area contributed by atoms with Crippen molar-refractivity contribution in [3.05, 3.63) is 0 Å².